The minimum atomic E-state index is -3.66. The van der Waals surface area contributed by atoms with Crippen LogP contribution in [0, 0.1) is 0 Å². The average molecular weight is 525 g/mol. The molecule has 1 aliphatic rings. The van der Waals surface area contributed by atoms with Gasteiger partial charge in [0.15, 0.2) is 0 Å². The fourth-order valence-electron chi connectivity index (χ4n) is 5.57. The molecule has 0 amide bonds. The van der Waals surface area contributed by atoms with E-state index in [1.807, 2.05) is 18.2 Å². The maximum atomic E-state index is 13.5. The summed E-state index contributed by atoms with van der Waals surface area (Å²) in [5.74, 6) is -0.113. The van der Waals surface area contributed by atoms with Crippen LogP contribution in [-0.4, -0.2) is 31.5 Å². The molecule has 0 radical (unpaired) electrons. The van der Waals surface area contributed by atoms with E-state index in [4.69, 9.17) is 4.74 Å². The Bertz CT molecular complexity index is 1100. The Balaban J connectivity index is 1.83. The predicted molar refractivity (Wildman–Crippen MR) is 132 cm³/mol. The van der Waals surface area contributed by atoms with Crippen LogP contribution in [0.15, 0.2) is 121 Å². The molecule has 0 unspecified atom stereocenters. The van der Waals surface area contributed by atoms with E-state index in [2.05, 4.69) is 103 Å². The molecule has 1 fully saturated rings. The number of methoxy groups -OCH3 is 1. The van der Waals surface area contributed by atoms with Gasteiger partial charge in [0.25, 0.3) is 0 Å². The Morgan fingerprint density at radius 2 is 1.06 bits per heavy atom. The third-order valence-electron chi connectivity index (χ3n) is 7.01. The molecule has 158 valence electrons. The van der Waals surface area contributed by atoms with E-state index in [0.29, 0.717) is 0 Å². The van der Waals surface area contributed by atoms with Gasteiger partial charge in [0.05, 0.1) is 0 Å². The van der Waals surface area contributed by atoms with Crippen molar-refractivity contribution in [3.8, 4) is 0 Å². The number of hydrogen-bond donors (Lipinski definition) is 0. The molecule has 1 saturated carbocycles. The van der Waals surface area contributed by atoms with Crippen molar-refractivity contribution in [3.63, 3.8) is 0 Å². The van der Waals surface area contributed by atoms with E-state index in [-0.39, 0.29) is 9.90 Å². The van der Waals surface area contributed by atoms with Gasteiger partial charge in [-0.2, -0.15) is 0 Å². The van der Waals surface area contributed by atoms with Crippen molar-refractivity contribution < 1.29 is 9.53 Å². The Hall–Kier alpha value is -2.85. The summed E-state index contributed by atoms with van der Waals surface area (Å²) in [4.78, 5) is 13.5. The summed E-state index contributed by atoms with van der Waals surface area (Å²) in [6.45, 7) is 0. The van der Waals surface area contributed by atoms with Crippen LogP contribution >= 0.6 is 0 Å². The van der Waals surface area contributed by atoms with Crippen LogP contribution in [0.2, 0.25) is 3.93 Å². The van der Waals surface area contributed by atoms with Gasteiger partial charge < -0.3 is 0 Å². The second-order valence-corrected chi connectivity index (χ2v) is 20.0. The summed E-state index contributed by atoms with van der Waals surface area (Å²) in [7, 11) is 1.52. The zero-order chi connectivity index (χ0) is 22.0. The SMILES string of the molecule is COC(=O)[C@]1(c2ccccc2)C[C@H]1[Sn]([c]1ccccc1)([c]1ccccc1)[c]1ccccc1. The van der Waals surface area contributed by atoms with Gasteiger partial charge in [-0.25, -0.2) is 0 Å². The van der Waals surface area contributed by atoms with Crippen LogP contribution in [0.1, 0.15) is 12.0 Å². The second-order valence-electron chi connectivity index (χ2n) is 8.49. The summed E-state index contributed by atoms with van der Waals surface area (Å²) in [6, 6.07) is 43.0. The van der Waals surface area contributed by atoms with Crippen molar-refractivity contribution in [1.29, 1.82) is 0 Å². The molecule has 4 aromatic carbocycles. The average Bonchev–Trinajstić information content (AvgIpc) is 3.64. The van der Waals surface area contributed by atoms with Crippen LogP contribution in [0.25, 0.3) is 0 Å². The van der Waals surface area contributed by atoms with E-state index < -0.39 is 23.8 Å². The number of benzene rings is 4. The molecule has 0 N–H and O–H groups in total. The van der Waals surface area contributed by atoms with Gasteiger partial charge in [-0.1, -0.05) is 0 Å². The van der Waals surface area contributed by atoms with Gasteiger partial charge in [-0.05, 0) is 0 Å². The van der Waals surface area contributed by atoms with E-state index in [0.717, 1.165) is 12.0 Å². The van der Waals surface area contributed by atoms with Crippen molar-refractivity contribution in [3.05, 3.63) is 127 Å². The third-order valence-corrected chi connectivity index (χ3v) is 22.6. The van der Waals surface area contributed by atoms with Gasteiger partial charge in [0.2, 0.25) is 0 Å². The third kappa shape index (κ3) is 3.20. The maximum absolute atomic E-state index is 13.5. The zero-order valence-corrected chi connectivity index (χ0v) is 21.0. The van der Waals surface area contributed by atoms with Crippen LogP contribution < -0.4 is 10.7 Å². The summed E-state index contributed by atoms with van der Waals surface area (Å²) in [6.07, 6.45) is 0.818. The molecule has 2 nitrogen and oxygen atoms in total. The molecular formula is C29H26O2Sn. The number of carbonyl (C=O) groups is 1. The number of carbonyl (C=O) groups excluding carboxylic acids is 1. The Kier molecular flexibility index (Phi) is 5.64. The summed E-state index contributed by atoms with van der Waals surface area (Å²) < 4.78 is 9.86. The number of hydrogen-bond acceptors (Lipinski definition) is 2. The quantitative estimate of drug-likeness (QED) is 0.281. The second kappa shape index (κ2) is 8.59. The van der Waals surface area contributed by atoms with Gasteiger partial charge >= 0.3 is 194 Å². The molecule has 0 saturated heterocycles. The monoisotopic (exact) mass is 526 g/mol. The molecule has 0 heterocycles. The first kappa shape index (κ1) is 21.0. The van der Waals surface area contributed by atoms with Gasteiger partial charge in [0.1, 0.15) is 0 Å². The Morgan fingerprint density at radius 3 is 1.44 bits per heavy atom. The normalized spacial score (nSPS) is 19.8. The molecule has 0 aliphatic heterocycles. The van der Waals surface area contributed by atoms with Gasteiger partial charge in [0, 0.05) is 0 Å². The van der Waals surface area contributed by atoms with Crippen molar-refractivity contribution in [2.75, 3.05) is 7.11 Å². The molecule has 2 atom stereocenters. The Morgan fingerprint density at radius 1 is 0.688 bits per heavy atom. The van der Waals surface area contributed by atoms with Crippen LogP contribution in [0.5, 0.6) is 0 Å². The first-order valence-electron chi connectivity index (χ1n) is 11.0. The standard InChI is InChI=1S/C11H11O2.3C6H5.Sn/c1-13-10(12)11(7-8-11)9-5-3-2-4-6-9;3*1-2-4-6-5-3-1;/h2-7H,8H2,1H3;3*1-5H;/t11-;;;;/m0..../s1. The molecule has 0 spiro atoms. The molecule has 5 rings (SSSR count). The number of rotatable bonds is 6. The molecule has 0 bridgehead atoms. The molecule has 1 aliphatic carbocycles. The van der Waals surface area contributed by atoms with Crippen molar-refractivity contribution in [2.24, 2.45) is 0 Å². The molecule has 0 aromatic heterocycles. The number of esters is 1. The van der Waals surface area contributed by atoms with E-state index in [9.17, 15) is 4.79 Å². The van der Waals surface area contributed by atoms with E-state index in [1.165, 1.54) is 17.8 Å². The zero-order valence-electron chi connectivity index (χ0n) is 18.1. The molecule has 4 aromatic rings. The van der Waals surface area contributed by atoms with E-state index in [1.54, 1.807) is 0 Å². The first-order chi connectivity index (χ1) is 15.7. The van der Waals surface area contributed by atoms with Crippen molar-refractivity contribution in [1.82, 2.24) is 0 Å². The predicted octanol–water partition coefficient (Wildman–Crippen LogP) is 4.04. The minimum absolute atomic E-state index is 0.113. The van der Waals surface area contributed by atoms with Gasteiger partial charge in [-0.15, -0.1) is 0 Å². The van der Waals surface area contributed by atoms with Crippen LogP contribution in [0.4, 0.5) is 0 Å². The fraction of sp³-hybridized carbons (Fsp3) is 0.138. The Labute approximate surface area is 193 Å². The number of ether oxygens (including phenoxy) is 1. The van der Waals surface area contributed by atoms with Crippen molar-refractivity contribution in [2.45, 2.75) is 15.8 Å². The molecule has 3 heteroatoms. The summed E-state index contributed by atoms with van der Waals surface area (Å²) in [5, 5.41) is 0. The van der Waals surface area contributed by atoms with Crippen molar-refractivity contribution >= 4 is 35.1 Å². The molecular weight excluding hydrogens is 499 g/mol. The summed E-state index contributed by atoms with van der Waals surface area (Å²) in [5.41, 5.74) is 0.467. The van der Waals surface area contributed by atoms with Gasteiger partial charge in [-0.3, -0.25) is 0 Å². The summed E-state index contributed by atoms with van der Waals surface area (Å²) >= 11 is -3.66. The topological polar surface area (TPSA) is 26.3 Å². The molecule has 32 heavy (non-hydrogen) atoms. The van der Waals surface area contributed by atoms with Crippen LogP contribution in [-0.2, 0) is 14.9 Å². The first-order valence-corrected chi connectivity index (χ1v) is 17.0. The van der Waals surface area contributed by atoms with E-state index >= 15 is 0 Å². The fourth-order valence-corrected chi connectivity index (χ4v) is 22.7. The van der Waals surface area contributed by atoms with Crippen LogP contribution in [0.3, 0.4) is 0 Å².